The van der Waals surface area contributed by atoms with Gasteiger partial charge in [0, 0.05) is 37.0 Å². The zero-order chi connectivity index (χ0) is 18.4. The molecule has 2 aliphatic heterocycles. The summed E-state index contributed by atoms with van der Waals surface area (Å²) in [4.78, 5) is 29.7. The summed E-state index contributed by atoms with van der Waals surface area (Å²) in [5.41, 5.74) is 0.931. The fraction of sp³-hybridized carbons (Fsp3) is 0.600. The highest BCUT2D eigenvalue weighted by Gasteiger charge is 2.24. The Balaban J connectivity index is 1.38. The van der Waals surface area contributed by atoms with E-state index in [-0.39, 0.29) is 11.8 Å². The average molecular weight is 376 g/mol. The Morgan fingerprint density at radius 3 is 2.96 bits per heavy atom. The summed E-state index contributed by atoms with van der Waals surface area (Å²) < 4.78 is 0. The van der Waals surface area contributed by atoms with E-state index in [2.05, 4.69) is 17.1 Å². The standard InChI is InChI=1S/C20H29N3O2S/c1-16-7-4-5-12-22(16)13-6-11-21-19(24)10-14-23-17-8-2-3-9-18(17)26-15-20(23)25/h2-3,8-9,16H,4-7,10-15H2,1H3,(H,21,24)/t16-/m1/s1. The van der Waals surface area contributed by atoms with Crippen LogP contribution >= 0.6 is 11.8 Å². The minimum atomic E-state index is 0.0280. The largest absolute Gasteiger partial charge is 0.356 e. The second-order valence-corrected chi connectivity index (χ2v) is 8.15. The van der Waals surface area contributed by atoms with E-state index in [4.69, 9.17) is 0 Å². The summed E-state index contributed by atoms with van der Waals surface area (Å²) in [7, 11) is 0. The number of fused-ring (bicyclic) bond motifs is 1. The van der Waals surface area contributed by atoms with Crippen LogP contribution < -0.4 is 10.2 Å². The number of nitrogens with one attached hydrogen (secondary N) is 1. The summed E-state index contributed by atoms with van der Waals surface area (Å²) in [6.07, 6.45) is 5.25. The van der Waals surface area contributed by atoms with E-state index in [1.807, 2.05) is 24.3 Å². The maximum Gasteiger partial charge on any atom is 0.237 e. The molecule has 142 valence electrons. The summed E-state index contributed by atoms with van der Waals surface area (Å²) in [5, 5.41) is 3.01. The Morgan fingerprint density at radius 2 is 2.12 bits per heavy atom. The number of benzene rings is 1. The van der Waals surface area contributed by atoms with E-state index < -0.39 is 0 Å². The molecule has 0 aliphatic carbocycles. The first-order chi connectivity index (χ1) is 12.6. The molecule has 1 atom stereocenters. The summed E-state index contributed by atoms with van der Waals surface area (Å²) in [6.45, 7) is 5.69. The maximum atomic E-state index is 12.2. The lowest BCUT2D eigenvalue weighted by Gasteiger charge is -2.33. The molecule has 0 radical (unpaired) electrons. The molecular formula is C20H29N3O2S. The van der Waals surface area contributed by atoms with Gasteiger partial charge >= 0.3 is 0 Å². The van der Waals surface area contributed by atoms with Gasteiger partial charge in [-0.05, 0) is 44.9 Å². The van der Waals surface area contributed by atoms with Gasteiger partial charge in [0.2, 0.25) is 11.8 Å². The smallest absolute Gasteiger partial charge is 0.237 e. The van der Waals surface area contributed by atoms with Crippen LogP contribution in [0.1, 0.15) is 39.0 Å². The minimum Gasteiger partial charge on any atom is -0.356 e. The van der Waals surface area contributed by atoms with Crippen LogP contribution in [-0.2, 0) is 9.59 Å². The van der Waals surface area contributed by atoms with E-state index in [9.17, 15) is 9.59 Å². The zero-order valence-electron chi connectivity index (χ0n) is 15.6. The number of amides is 2. The molecular weight excluding hydrogens is 346 g/mol. The molecule has 26 heavy (non-hydrogen) atoms. The van der Waals surface area contributed by atoms with E-state index in [1.165, 1.54) is 25.8 Å². The topological polar surface area (TPSA) is 52.7 Å². The van der Waals surface area contributed by atoms with Crippen molar-refractivity contribution in [1.82, 2.24) is 10.2 Å². The lowest BCUT2D eigenvalue weighted by Crippen LogP contribution is -2.40. The zero-order valence-corrected chi connectivity index (χ0v) is 16.4. The van der Waals surface area contributed by atoms with Crippen LogP contribution in [0.2, 0.25) is 0 Å². The van der Waals surface area contributed by atoms with Crippen molar-refractivity contribution in [3.63, 3.8) is 0 Å². The molecule has 0 bridgehead atoms. The van der Waals surface area contributed by atoms with Crippen molar-refractivity contribution in [2.24, 2.45) is 0 Å². The average Bonchev–Trinajstić information content (AvgIpc) is 2.65. The molecule has 2 heterocycles. The van der Waals surface area contributed by atoms with Crippen LogP contribution in [0.15, 0.2) is 29.2 Å². The minimum absolute atomic E-state index is 0.0280. The first kappa shape index (κ1) is 19.2. The molecule has 1 saturated heterocycles. The fourth-order valence-corrected chi connectivity index (χ4v) is 4.64. The number of hydrogen-bond donors (Lipinski definition) is 1. The second-order valence-electron chi connectivity index (χ2n) is 7.14. The van der Waals surface area contributed by atoms with Crippen molar-refractivity contribution in [1.29, 1.82) is 0 Å². The van der Waals surface area contributed by atoms with E-state index in [0.717, 1.165) is 23.5 Å². The summed E-state index contributed by atoms with van der Waals surface area (Å²) in [6, 6.07) is 8.57. The van der Waals surface area contributed by atoms with Crippen LogP contribution in [0, 0.1) is 0 Å². The summed E-state index contributed by atoms with van der Waals surface area (Å²) in [5.74, 6) is 0.563. The number of carbonyl (C=O) groups is 2. The first-order valence-electron chi connectivity index (χ1n) is 9.68. The lowest BCUT2D eigenvalue weighted by molar-refractivity contribution is -0.121. The number of anilines is 1. The van der Waals surface area contributed by atoms with Crippen LogP contribution in [-0.4, -0.2) is 54.7 Å². The second kappa shape index (κ2) is 9.42. The molecule has 0 unspecified atom stereocenters. The van der Waals surface area contributed by atoms with Gasteiger partial charge < -0.3 is 15.1 Å². The van der Waals surface area contributed by atoms with Crippen LogP contribution in [0.5, 0.6) is 0 Å². The predicted molar refractivity (Wildman–Crippen MR) is 107 cm³/mol. The van der Waals surface area contributed by atoms with Crippen LogP contribution in [0.4, 0.5) is 5.69 Å². The van der Waals surface area contributed by atoms with Gasteiger partial charge in [-0.15, -0.1) is 11.8 Å². The highest BCUT2D eigenvalue weighted by molar-refractivity contribution is 8.00. The molecule has 2 amide bonds. The number of rotatable bonds is 7. The Labute approximate surface area is 160 Å². The number of carbonyl (C=O) groups excluding carboxylic acids is 2. The van der Waals surface area contributed by atoms with Gasteiger partial charge in [0.05, 0.1) is 11.4 Å². The van der Waals surface area contributed by atoms with Gasteiger partial charge in [-0.2, -0.15) is 0 Å². The number of likely N-dealkylation sites (tertiary alicyclic amines) is 1. The molecule has 1 aromatic rings. The molecule has 2 aliphatic rings. The molecule has 0 saturated carbocycles. The van der Waals surface area contributed by atoms with Crippen molar-refractivity contribution in [3.8, 4) is 0 Å². The highest BCUT2D eigenvalue weighted by atomic mass is 32.2. The molecule has 1 aromatic carbocycles. The highest BCUT2D eigenvalue weighted by Crippen LogP contribution is 2.34. The molecule has 5 nitrogen and oxygen atoms in total. The molecule has 1 N–H and O–H groups in total. The number of thioether (sulfide) groups is 1. The van der Waals surface area contributed by atoms with E-state index >= 15 is 0 Å². The maximum absolute atomic E-state index is 12.2. The number of nitrogens with zero attached hydrogens (tertiary/aromatic N) is 2. The van der Waals surface area contributed by atoms with Crippen LogP contribution in [0.25, 0.3) is 0 Å². The molecule has 1 fully saturated rings. The summed E-state index contributed by atoms with van der Waals surface area (Å²) >= 11 is 1.57. The van der Waals surface area contributed by atoms with Gasteiger partial charge in [-0.3, -0.25) is 9.59 Å². The number of para-hydroxylation sites is 1. The molecule has 0 aromatic heterocycles. The van der Waals surface area contributed by atoms with Crippen molar-refractivity contribution in [2.45, 2.75) is 50.0 Å². The van der Waals surface area contributed by atoms with Gasteiger partial charge in [0.15, 0.2) is 0 Å². The van der Waals surface area contributed by atoms with Crippen molar-refractivity contribution in [3.05, 3.63) is 24.3 Å². The van der Waals surface area contributed by atoms with Crippen LogP contribution in [0.3, 0.4) is 0 Å². The number of hydrogen-bond acceptors (Lipinski definition) is 4. The first-order valence-corrected chi connectivity index (χ1v) is 10.7. The van der Waals surface area contributed by atoms with Crippen molar-refractivity contribution >= 4 is 29.3 Å². The third-order valence-corrected chi connectivity index (χ3v) is 6.30. The van der Waals surface area contributed by atoms with E-state index in [1.54, 1.807) is 16.7 Å². The fourth-order valence-electron chi connectivity index (χ4n) is 3.70. The third-order valence-electron chi connectivity index (χ3n) is 5.26. The Bertz CT molecular complexity index is 637. The van der Waals surface area contributed by atoms with Crippen molar-refractivity contribution in [2.75, 3.05) is 36.8 Å². The Morgan fingerprint density at radius 1 is 1.27 bits per heavy atom. The Kier molecular flexibility index (Phi) is 6.97. The van der Waals surface area contributed by atoms with Crippen molar-refractivity contribution < 1.29 is 9.59 Å². The molecule has 0 spiro atoms. The molecule has 6 heteroatoms. The predicted octanol–water partition coefficient (Wildman–Crippen LogP) is 2.90. The quantitative estimate of drug-likeness (QED) is 0.745. The molecule has 3 rings (SSSR count). The number of piperidine rings is 1. The third kappa shape index (κ3) is 5.01. The monoisotopic (exact) mass is 375 g/mol. The Hall–Kier alpha value is -1.53. The SMILES string of the molecule is C[C@@H]1CCCCN1CCCNC(=O)CCN1C(=O)CSc2ccccc21. The normalized spacial score (nSPS) is 20.7. The van der Waals surface area contributed by atoms with Gasteiger partial charge in [0.25, 0.3) is 0 Å². The van der Waals surface area contributed by atoms with Gasteiger partial charge in [0.1, 0.15) is 0 Å². The van der Waals surface area contributed by atoms with Gasteiger partial charge in [-0.25, -0.2) is 0 Å². The lowest BCUT2D eigenvalue weighted by atomic mass is 10.0. The van der Waals surface area contributed by atoms with E-state index in [0.29, 0.717) is 31.3 Å². The van der Waals surface area contributed by atoms with Gasteiger partial charge in [-0.1, -0.05) is 18.6 Å².